The number of carbonyl (C=O) groups excluding carboxylic acids is 1. The Hall–Kier alpha value is -1.76. The molecule has 0 atom stereocenters. The van der Waals surface area contributed by atoms with Crippen LogP contribution in [0, 0.1) is 0 Å². The molecule has 1 aromatic rings. The van der Waals surface area contributed by atoms with Crippen LogP contribution in [0.15, 0.2) is 18.2 Å². The molecule has 1 aliphatic rings. The topological polar surface area (TPSA) is 98.5 Å². The van der Waals surface area contributed by atoms with Gasteiger partial charge >= 0.3 is 0 Å². The third kappa shape index (κ3) is 3.41. The molecule has 2 rings (SSSR count). The molecule has 0 unspecified atom stereocenters. The Kier molecular flexibility index (Phi) is 4.17. The molecule has 110 valence electrons. The lowest BCUT2D eigenvalue weighted by atomic mass is 10.1. The summed E-state index contributed by atoms with van der Waals surface area (Å²) in [7, 11) is -1.40. The van der Waals surface area contributed by atoms with E-state index in [1.165, 1.54) is 7.11 Å². The van der Waals surface area contributed by atoms with Crippen molar-refractivity contribution in [2.24, 2.45) is 0 Å². The molecule has 3 N–H and O–H groups in total. The number of benzene rings is 1. The highest BCUT2D eigenvalue weighted by Crippen LogP contribution is 2.20. The standard InChI is InChI=1S/C13H18N2O4S/c1-19-10-2-3-11(12(14)8-10)13(16)15-9-4-6-20(17,18)7-5-9/h2-3,8-9H,4-7,14H2,1H3,(H,15,16). The predicted octanol–water partition coefficient (Wildman–Crippen LogP) is 0.584. The van der Waals surface area contributed by atoms with Gasteiger partial charge in [0.25, 0.3) is 5.91 Å². The molecule has 1 fully saturated rings. The first-order chi connectivity index (χ1) is 9.41. The van der Waals surface area contributed by atoms with E-state index in [9.17, 15) is 13.2 Å². The van der Waals surface area contributed by atoms with Gasteiger partial charge in [0, 0.05) is 17.8 Å². The van der Waals surface area contributed by atoms with E-state index in [0.29, 0.717) is 29.8 Å². The maximum absolute atomic E-state index is 12.1. The van der Waals surface area contributed by atoms with E-state index in [1.54, 1.807) is 18.2 Å². The summed E-state index contributed by atoms with van der Waals surface area (Å²) in [5.74, 6) is 0.545. The van der Waals surface area contributed by atoms with Crippen LogP contribution in [0.2, 0.25) is 0 Å². The molecule has 20 heavy (non-hydrogen) atoms. The minimum Gasteiger partial charge on any atom is -0.497 e. The average Bonchev–Trinajstić information content (AvgIpc) is 2.40. The van der Waals surface area contributed by atoms with Crippen molar-refractivity contribution < 1.29 is 17.9 Å². The maximum atomic E-state index is 12.1. The quantitative estimate of drug-likeness (QED) is 0.796. The Morgan fingerprint density at radius 2 is 2.00 bits per heavy atom. The zero-order valence-electron chi connectivity index (χ0n) is 11.3. The Bertz CT molecular complexity index is 599. The molecule has 6 nitrogen and oxygen atoms in total. The second-order valence-corrected chi connectivity index (χ2v) is 7.16. The van der Waals surface area contributed by atoms with Gasteiger partial charge in [-0.15, -0.1) is 0 Å². The fourth-order valence-electron chi connectivity index (χ4n) is 2.17. The molecule has 1 aromatic carbocycles. The second-order valence-electron chi connectivity index (χ2n) is 4.85. The minimum absolute atomic E-state index is 0.118. The number of nitrogens with one attached hydrogen (secondary N) is 1. The SMILES string of the molecule is COc1ccc(C(=O)NC2CCS(=O)(=O)CC2)c(N)c1. The average molecular weight is 298 g/mol. The number of methoxy groups -OCH3 is 1. The summed E-state index contributed by atoms with van der Waals surface area (Å²) in [5, 5.41) is 2.83. The van der Waals surface area contributed by atoms with Gasteiger partial charge in [-0.3, -0.25) is 4.79 Å². The molecule has 7 heteroatoms. The summed E-state index contributed by atoms with van der Waals surface area (Å²) in [6, 6.07) is 4.73. The number of amides is 1. The maximum Gasteiger partial charge on any atom is 0.253 e. The number of ether oxygens (including phenoxy) is 1. The highest BCUT2D eigenvalue weighted by Gasteiger charge is 2.25. The first-order valence-electron chi connectivity index (χ1n) is 6.36. The van der Waals surface area contributed by atoms with Gasteiger partial charge in [-0.2, -0.15) is 0 Å². The van der Waals surface area contributed by atoms with Crippen LogP contribution in [0.25, 0.3) is 0 Å². The van der Waals surface area contributed by atoms with Gasteiger partial charge in [0.1, 0.15) is 15.6 Å². The number of carbonyl (C=O) groups is 1. The summed E-state index contributed by atoms with van der Waals surface area (Å²) in [5.41, 5.74) is 6.52. The van der Waals surface area contributed by atoms with Crippen molar-refractivity contribution in [2.45, 2.75) is 18.9 Å². The summed E-state index contributed by atoms with van der Waals surface area (Å²) < 4.78 is 27.7. The number of hydrogen-bond acceptors (Lipinski definition) is 5. The molecule has 1 saturated heterocycles. The van der Waals surface area contributed by atoms with Crippen LogP contribution >= 0.6 is 0 Å². The lowest BCUT2D eigenvalue weighted by Crippen LogP contribution is -2.41. The highest BCUT2D eigenvalue weighted by molar-refractivity contribution is 7.91. The second kappa shape index (κ2) is 5.70. The summed E-state index contributed by atoms with van der Waals surface area (Å²) >= 11 is 0. The fraction of sp³-hybridized carbons (Fsp3) is 0.462. The van der Waals surface area contributed by atoms with E-state index in [4.69, 9.17) is 10.5 Å². The van der Waals surface area contributed by atoms with Crippen LogP contribution in [-0.4, -0.2) is 39.0 Å². The molecular weight excluding hydrogens is 280 g/mol. The Morgan fingerprint density at radius 3 is 2.55 bits per heavy atom. The van der Waals surface area contributed by atoms with Gasteiger partial charge in [0.2, 0.25) is 0 Å². The third-order valence-corrected chi connectivity index (χ3v) is 5.11. The minimum atomic E-state index is -2.93. The summed E-state index contributed by atoms with van der Waals surface area (Å²) in [6.45, 7) is 0. The van der Waals surface area contributed by atoms with Crippen LogP contribution in [0.5, 0.6) is 5.75 Å². The number of sulfone groups is 1. The lowest BCUT2D eigenvalue weighted by molar-refractivity contribution is 0.0935. The van der Waals surface area contributed by atoms with Crippen molar-refractivity contribution in [1.29, 1.82) is 0 Å². The molecule has 0 aromatic heterocycles. The highest BCUT2D eigenvalue weighted by atomic mass is 32.2. The van der Waals surface area contributed by atoms with Crippen molar-refractivity contribution >= 4 is 21.4 Å². The number of nitrogens with two attached hydrogens (primary N) is 1. The molecule has 0 saturated carbocycles. The molecule has 1 heterocycles. The Labute approximate surface area is 118 Å². The van der Waals surface area contributed by atoms with Crippen molar-refractivity contribution in [3.63, 3.8) is 0 Å². The number of rotatable bonds is 3. The summed E-state index contributed by atoms with van der Waals surface area (Å²) in [6.07, 6.45) is 0.897. The zero-order chi connectivity index (χ0) is 14.8. The predicted molar refractivity (Wildman–Crippen MR) is 76.5 cm³/mol. The van der Waals surface area contributed by atoms with Gasteiger partial charge in [0.15, 0.2) is 0 Å². The summed E-state index contributed by atoms with van der Waals surface area (Å²) in [4.78, 5) is 12.1. The van der Waals surface area contributed by atoms with Crippen molar-refractivity contribution in [3.05, 3.63) is 23.8 Å². The van der Waals surface area contributed by atoms with Crippen molar-refractivity contribution in [2.75, 3.05) is 24.3 Å². The normalized spacial score (nSPS) is 18.4. The zero-order valence-corrected chi connectivity index (χ0v) is 12.1. The van der Waals surface area contributed by atoms with Gasteiger partial charge in [-0.05, 0) is 25.0 Å². The molecule has 1 amide bonds. The molecule has 0 aliphatic carbocycles. The van der Waals surface area contributed by atoms with E-state index in [0.717, 1.165) is 0 Å². The molecule has 1 aliphatic heterocycles. The van der Waals surface area contributed by atoms with E-state index in [1.807, 2.05) is 0 Å². The van der Waals surface area contributed by atoms with E-state index in [-0.39, 0.29) is 23.5 Å². The van der Waals surface area contributed by atoms with Gasteiger partial charge < -0.3 is 15.8 Å². The molecule has 0 spiro atoms. The van der Waals surface area contributed by atoms with Crippen LogP contribution in [0.4, 0.5) is 5.69 Å². The number of hydrogen-bond donors (Lipinski definition) is 2. The Morgan fingerprint density at radius 1 is 1.35 bits per heavy atom. The number of nitrogen functional groups attached to an aromatic ring is 1. The number of anilines is 1. The van der Waals surface area contributed by atoms with E-state index in [2.05, 4.69) is 5.32 Å². The van der Waals surface area contributed by atoms with Crippen molar-refractivity contribution in [3.8, 4) is 5.75 Å². The molecule has 0 bridgehead atoms. The molecular formula is C13H18N2O4S. The smallest absolute Gasteiger partial charge is 0.253 e. The Balaban J connectivity index is 2.02. The molecule has 0 radical (unpaired) electrons. The third-order valence-electron chi connectivity index (χ3n) is 3.39. The van der Waals surface area contributed by atoms with Gasteiger partial charge in [0.05, 0.1) is 24.2 Å². The van der Waals surface area contributed by atoms with Crippen LogP contribution in [0.1, 0.15) is 23.2 Å². The van der Waals surface area contributed by atoms with E-state index < -0.39 is 9.84 Å². The van der Waals surface area contributed by atoms with Crippen LogP contribution in [0.3, 0.4) is 0 Å². The monoisotopic (exact) mass is 298 g/mol. The largest absolute Gasteiger partial charge is 0.497 e. The van der Waals surface area contributed by atoms with E-state index >= 15 is 0 Å². The van der Waals surface area contributed by atoms with Crippen LogP contribution in [-0.2, 0) is 9.84 Å². The van der Waals surface area contributed by atoms with Gasteiger partial charge in [-0.25, -0.2) is 8.42 Å². The van der Waals surface area contributed by atoms with Gasteiger partial charge in [-0.1, -0.05) is 0 Å². The lowest BCUT2D eigenvalue weighted by Gasteiger charge is -2.23. The first-order valence-corrected chi connectivity index (χ1v) is 8.18. The van der Waals surface area contributed by atoms with Crippen LogP contribution < -0.4 is 15.8 Å². The van der Waals surface area contributed by atoms with Crippen molar-refractivity contribution in [1.82, 2.24) is 5.32 Å². The first kappa shape index (κ1) is 14.6. The fourth-order valence-corrected chi connectivity index (χ4v) is 3.66.